The van der Waals surface area contributed by atoms with Crippen LogP contribution in [0.25, 0.3) is 0 Å². The summed E-state index contributed by atoms with van der Waals surface area (Å²) in [7, 11) is 0.276. The van der Waals surface area contributed by atoms with E-state index in [0.29, 0.717) is 29.3 Å². The number of nitrogens with zero attached hydrogens (tertiary/aromatic N) is 2. The second kappa shape index (κ2) is 8.08. The average Bonchev–Trinajstić information content (AvgIpc) is 3.12. The molecule has 1 amide bonds. The minimum absolute atomic E-state index is 0.0907. The summed E-state index contributed by atoms with van der Waals surface area (Å²) in [5.41, 5.74) is -0.182. The maximum Gasteiger partial charge on any atom is 0.296 e. The van der Waals surface area contributed by atoms with Crippen molar-refractivity contribution in [2.75, 3.05) is 12.9 Å². The lowest BCUT2D eigenvalue weighted by atomic mass is 10.0. The fourth-order valence-electron chi connectivity index (χ4n) is 3.51. The van der Waals surface area contributed by atoms with E-state index in [-0.39, 0.29) is 12.2 Å². The lowest BCUT2D eigenvalue weighted by Crippen LogP contribution is -2.36. The standard InChI is InChI=1S/C20H25N3O5S/c1-12-6-7-13(14(10-12)29(4)27)11-21-17(25)15-16(24)18(26)23(3)19(22-15)20(2)8-5-9-28-20/h6-7,10,24H,5,8-9,11H2,1-4H3,(H,21,25). The second-order valence-corrected chi connectivity index (χ2v) is 8.78. The monoisotopic (exact) mass is 419 g/mol. The molecule has 1 aromatic carbocycles. The summed E-state index contributed by atoms with van der Waals surface area (Å²) in [5.74, 6) is -1.09. The van der Waals surface area contributed by atoms with E-state index < -0.39 is 33.6 Å². The fourth-order valence-corrected chi connectivity index (χ4v) is 4.37. The number of rotatable bonds is 5. The fraction of sp³-hybridized carbons (Fsp3) is 0.450. The summed E-state index contributed by atoms with van der Waals surface area (Å²) in [6.07, 6.45) is 3.05. The molecule has 1 aliphatic heterocycles. The van der Waals surface area contributed by atoms with E-state index in [1.54, 1.807) is 12.3 Å². The number of amides is 1. The topological polar surface area (TPSA) is 111 Å². The van der Waals surface area contributed by atoms with E-state index in [1.165, 1.54) is 11.6 Å². The minimum Gasteiger partial charge on any atom is -0.501 e. The van der Waals surface area contributed by atoms with Crippen LogP contribution in [0.15, 0.2) is 27.9 Å². The third kappa shape index (κ3) is 4.11. The molecule has 9 heteroatoms. The van der Waals surface area contributed by atoms with E-state index in [9.17, 15) is 18.9 Å². The van der Waals surface area contributed by atoms with Gasteiger partial charge in [-0.2, -0.15) is 0 Å². The Hall–Kier alpha value is -2.52. The van der Waals surface area contributed by atoms with Crippen LogP contribution in [-0.4, -0.2) is 37.6 Å². The second-order valence-electron chi connectivity index (χ2n) is 7.43. The molecule has 1 aliphatic rings. The number of hydrogen-bond acceptors (Lipinski definition) is 6. The molecule has 0 aliphatic carbocycles. The van der Waals surface area contributed by atoms with Crippen molar-refractivity contribution in [1.82, 2.24) is 14.9 Å². The highest BCUT2D eigenvalue weighted by Crippen LogP contribution is 2.34. The van der Waals surface area contributed by atoms with Gasteiger partial charge in [-0.15, -0.1) is 0 Å². The third-order valence-electron chi connectivity index (χ3n) is 5.15. The number of nitrogens with one attached hydrogen (secondary N) is 1. The smallest absolute Gasteiger partial charge is 0.296 e. The Balaban J connectivity index is 1.91. The Kier molecular flexibility index (Phi) is 5.90. The quantitative estimate of drug-likeness (QED) is 0.760. The van der Waals surface area contributed by atoms with Gasteiger partial charge in [0.05, 0.1) is 10.8 Å². The van der Waals surface area contributed by atoms with Crippen LogP contribution < -0.4 is 10.9 Å². The number of ether oxygens (including phenoxy) is 1. The van der Waals surface area contributed by atoms with Crippen molar-refractivity contribution >= 4 is 16.7 Å². The van der Waals surface area contributed by atoms with Gasteiger partial charge in [0, 0.05) is 31.4 Å². The van der Waals surface area contributed by atoms with Gasteiger partial charge >= 0.3 is 0 Å². The zero-order valence-corrected chi connectivity index (χ0v) is 17.8. The van der Waals surface area contributed by atoms with E-state index in [2.05, 4.69) is 10.3 Å². The van der Waals surface area contributed by atoms with Gasteiger partial charge in [0.1, 0.15) is 11.4 Å². The van der Waals surface area contributed by atoms with E-state index in [1.807, 2.05) is 26.0 Å². The van der Waals surface area contributed by atoms with Crippen molar-refractivity contribution in [3.05, 3.63) is 51.2 Å². The first-order valence-corrected chi connectivity index (χ1v) is 10.9. The van der Waals surface area contributed by atoms with Gasteiger partial charge in [0.2, 0.25) is 5.75 Å². The highest BCUT2D eigenvalue weighted by atomic mass is 32.2. The number of aryl methyl sites for hydroxylation is 1. The van der Waals surface area contributed by atoms with E-state index in [0.717, 1.165) is 12.0 Å². The van der Waals surface area contributed by atoms with Gasteiger partial charge in [-0.1, -0.05) is 12.1 Å². The molecule has 1 saturated heterocycles. The summed E-state index contributed by atoms with van der Waals surface area (Å²) in [6, 6.07) is 5.46. The molecule has 29 heavy (non-hydrogen) atoms. The van der Waals surface area contributed by atoms with Crippen molar-refractivity contribution in [3.63, 3.8) is 0 Å². The van der Waals surface area contributed by atoms with Crippen LogP contribution in [0.3, 0.4) is 0 Å². The average molecular weight is 420 g/mol. The van der Waals surface area contributed by atoms with Gasteiger partial charge in [-0.25, -0.2) is 4.98 Å². The van der Waals surface area contributed by atoms with Crippen molar-refractivity contribution in [2.45, 2.75) is 43.7 Å². The summed E-state index contributed by atoms with van der Waals surface area (Å²) < 4.78 is 19.0. The molecule has 2 heterocycles. The normalized spacial score (nSPS) is 19.9. The highest BCUT2D eigenvalue weighted by molar-refractivity contribution is 7.84. The molecule has 2 N–H and O–H groups in total. The molecule has 0 bridgehead atoms. The lowest BCUT2D eigenvalue weighted by Gasteiger charge is -2.25. The zero-order chi connectivity index (χ0) is 21.3. The Morgan fingerprint density at radius 2 is 2.17 bits per heavy atom. The lowest BCUT2D eigenvalue weighted by molar-refractivity contribution is 0.00569. The Morgan fingerprint density at radius 1 is 1.45 bits per heavy atom. The predicted octanol–water partition coefficient (Wildman–Crippen LogP) is 1.49. The van der Waals surface area contributed by atoms with Gasteiger partial charge in [-0.05, 0) is 43.9 Å². The summed E-state index contributed by atoms with van der Waals surface area (Å²) in [6.45, 7) is 4.34. The molecular formula is C20H25N3O5S. The maximum absolute atomic E-state index is 12.7. The number of hydrogen-bond donors (Lipinski definition) is 2. The minimum atomic E-state index is -1.22. The number of benzene rings is 1. The first kappa shape index (κ1) is 21.2. The van der Waals surface area contributed by atoms with E-state index in [4.69, 9.17) is 4.74 Å². The Morgan fingerprint density at radius 3 is 2.79 bits per heavy atom. The summed E-state index contributed by atoms with van der Waals surface area (Å²) in [5, 5.41) is 12.9. The van der Waals surface area contributed by atoms with Gasteiger partial charge in [-0.3, -0.25) is 18.4 Å². The largest absolute Gasteiger partial charge is 0.501 e. The molecule has 2 unspecified atom stereocenters. The molecule has 0 spiro atoms. The number of carbonyl (C=O) groups excluding carboxylic acids is 1. The van der Waals surface area contributed by atoms with Crippen LogP contribution in [-0.2, 0) is 34.7 Å². The number of aromatic nitrogens is 2. The SMILES string of the molecule is Cc1ccc(CNC(=O)c2nc(C3(C)CCCO3)n(C)c(=O)c2O)c(S(C)=O)c1. The molecule has 2 atom stereocenters. The van der Waals surface area contributed by atoms with Crippen LogP contribution in [0.1, 0.15) is 47.2 Å². The van der Waals surface area contributed by atoms with Crippen LogP contribution in [0.5, 0.6) is 5.75 Å². The van der Waals surface area contributed by atoms with Crippen molar-refractivity contribution in [3.8, 4) is 5.75 Å². The molecule has 8 nitrogen and oxygen atoms in total. The third-order valence-corrected chi connectivity index (χ3v) is 6.14. The molecule has 1 fully saturated rings. The summed E-state index contributed by atoms with van der Waals surface area (Å²) in [4.78, 5) is 30.1. The Labute approximate surface area is 171 Å². The van der Waals surface area contributed by atoms with Crippen molar-refractivity contribution < 1.29 is 18.8 Å². The molecule has 0 radical (unpaired) electrons. The van der Waals surface area contributed by atoms with Gasteiger partial charge in [0.25, 0.3) is 11.5 Å². The molecular weight excluding hydrogens is 394 g/mol. The molecule has 1 aromatic heterocycles. The van der Waals surface area contributed by atoms with Crippen LogP contribution in [0.4, 0.5) is 0 Å². The summed E-state index contributed by atoms with van der Waals surface area (Å²) >= 11 is 0. The van der Waals surface area contributed by atoms with Gasteiger partial charge in [0.15, 0.2) is 5.69 Å². The highest BCUT2D eigenvalue weighted by Gasteiger charge is 2.37. The predicted molar refractivity (Wildman–Crippen MR) is 108 cm³/mol. The Bertz CT molecular complexity index is 1040. The first-order chi connectivity index (χ1) is 13.6. The van der Waals surface area contributed by atoms with Crippen LogP contribution in [0.2, 0.25) is 0 Å². The molecule has 3 rings (SSSR count). The van der Waals surface area contributed by atoms with Crippen molar-refractivity contribution in [2.24, 2.45) is 7.05 Å². The molecule has 0 saturated carbocycles. The molecule has 2 aromatic rings. The van der Waals surface area contributed by atoms with Crippen molar-refractivity contribution in [1.29, 1.82) is 0 Å². The number of carbonyl (C=O) groups is 1. The number of aromatic hydroxyl groups is 1. The van der Waals surface area contributed by atoms with E-state index >= 15 is 0 Å². The molecule has 156 valence electrons. The van der Waals surface area contributed by atoms with Gasteiger partial charge < -0.3 is 15.2 Å². The van der Waals surface area contributed by atoms with Crippen LogP contribution in [0, 0.1) is 6.92 Å². The van der Waals surface area contributed by atoms with Crippen LogP contribution >= 0.6 is 0 Å². The maximum atomic E-state index is 12.7. The first-order valence-electron chi connectivity index (χ1n) is 9.29. The zero-order valence-electron chi connectivity index (χ0n) is 16.9.